The molecule has 28 heavy (non-hydrogen) atoms. The predicted molar refractivity (Wildman–Crippen MR) is 113 cm³/mol. The molecule has 0 aliphatic heterocycles. The van der Waals surface area contributed by atoms with E-state index in [1.54, 1.807) is 24.3 Å². The van der Waals surface area contributed by atoms with Crippen LogP contribution < -0.4 is 5.56 Å². The molecule has 0 spiro atoms. The van der Waals surface area contributed by atoms with Crippen molar-refractivity contribution in [2.75, 3.05) is 0 Å². The molecule has 0 fully saturated rings. The second-order valence-electron chi connectivity index (χ2n) is 6.62. The Kier molecular flexibility index (Phi) is 4.87. The van der Waals surface area contributed by atoms with Crippen molar-refractivity contribution in [1.82, 2.24) is 9.97 Å². The lowest BCUT2D eigenvalue weighted by Crippen LogP contribution is -2.17. The number of thiophene rings is 2. The van der Waals surface area contributed by atoms with E-state index >= 15 is 0 Å². The molecule has 142 valence electrons. The molecule has 0 aliphatic carbocycles. The van der Waals surface area contributed by atoms with Crippen LogP contribution >= 0.6 is 22.7 Å². The number of esters is 1. The average Bonchev–Trinajstić information content (AvgIpc) is 3.30. The zero-order valence-corrected chi connectivity index (χ0v) is 17.2. The molecule has 3 heterocycles. The van der Waals surface area contributed by atoms with Crippen molar-refractivity contribution in [1.29, 1.82) is 0 Å². The van der Waals surface area contributed by atoms with Crippen LogP contribution in [0.25, 0.3) is 20.7 Å². The van der Waals surface area contributed by atoms with Gasteiger partial charge in [0.1, 0.15) is 4.83 Å². The number of aromatic amines is 1. The van der Waals surface area contributed by atoms with E-state index < -0.39 is 12.1 Å². The van der Waals surface area contributed by atoms with Gasteiger partial charge in [-0.3, -0.25) is 4.79 Å². The Labute approximate surface area is 169 Å². The third kappa shape index (κ3) is 3.39. The van der Waals surface area contributed by atoms with Gasteiger partial charge in [-0.05, 0) is 43.8 Å². The molecule has 0 saturated carbocycles. The third-order valence-electron chi connectivity index (χ3n) is 4.52. The van der Waals surface area contributed by atoms with Gasteiger partial charge >= 0.3 is 5.97 Å². The summed E-state index contributed by atoms with van der Waals surface area (Å²) >= 11 is 2.99. The van der Waals surface area contributed by atoms with Gasteiger partial charge in [-0.2, -0.15) is 0 Å². The van der Waals surface area contributed by atoms with Crippen molar-refractivity contribution in [3.8, 4) is 10.4 Å². The van der Waals surface area contributed by atoms with E-state index in [4.69, 9.17) is 4.74 Å². The Bertz CT molecular complexity index is 1220. The lowest BCUT2D eigenvalue weighted by Gasteiger charge is -2.14. The highest BCUT2D eigenvalue weighted by atomic mass is 32.1. The van der Waals surface area contributed by atoms with Gasteiger partial charge in [0, 0.05) is 15.8 Å². The SMILES string of the molecule is Cc1ccc(C(=O)O[C@H](C)c2nc3scc(-c4cccs4)c3c(=O)[nH]2)c(C)c1. The van der Waals surface area contributed by atoms with E-state index in [9.17, 15) is 9.59 Å². The largest absolute Gasteiger partial charge is 0.451 e. The maximum absolute atomic E-state index is 12.7. The number of nitrogens with one attached hydrogen (secondary N) is 1. The van der Waals surface area contributed by atoms with Gasteiger partial charge in [-0.25, -0.2) is 9.78 Å². The molecule has 0 radical (unpaired) electrons. The van der Waals surface area contributed by atoms with Gasteiger partial charge in [0.2, 0.25) is 0 Å². The fourth-order valence-corrected chi connectivity index (χ4v) is 4.86. The van der Waals surface area contributed by atoms with Gasteiger partial charge in [0.15, 0.2) is 11.9 Å². The number of carbonyl (C=O) groups excluding carboxylic acids is 1. The number of aryl methyl sites for hydroxylation is 2. The van der Waals surface area contributed by atoms with Crippen LogP contribution in [0.5, 0.6) is 0 Å². The maximum Gasteiger partial charge on any atom is 0.339 e. The summed E-state index contributed by atoms with van der Waals surface area (Å²) in [4.78, 5) is 34.2. The first kappa shape index (κ1) is 18.6. The van der Waals surface area contributed by atoms with Crippen LogP contribution in [-0.2, 0) is 4.74 Å². The number of hydrogen-bond acceptors (Lipinski definition) is 6. The lowest BCUT2D eigenvalue weighted by atomic mass is 10.1. The Morgan fingerprint density at radius 3 is 2.75 bits per heavy atom. The number of benzene rings is 1. The number of fused-ring (bicyclic) bond motifs is 1. The molecule has 3 aromatic heterocycles. The highest BCUT2D eigenvalue weighted by Crippen LogP contribution is 2.34. The summed E-state index contributed by atoms with van der Waals surface area (Å²) in [6.07, 6.45) is -0.669. The first-order chi connectivity index (χ1) is 13.4. The quantitative estimate of drug-likeness (QED) is 0.467. The normalized spacial score (nSPS) is 12.2. The maximum atomic E-state index is 12.7. The summed E-state index contributed by atoms with van der Waals surface area (Å²) in [6, 6.07) is 9.50. The second-order valence-corrected chi connectivity index (χ2v) is 8.43. The van der Waals surface area contributed by atoms with Gasteiger partial charge in [-0.1, -0.05) is 23.8 Å². The van der Waals surface area contributed by atoms with Crippen molar-refractivity contribution in [2.45, 2.75) is 26.9 Å². The van der Waals surface area contributed by atoms with E-state index in [-0.39, 0.29) is 5.56 Å². The molecule has 0 bridgehead atoms. The third-order valence-corrected chi connectivity index (χ3v) is 6.29. The number of carbonyl (C=O) groups is 1. The van der Waals surface area contributed by atoms with Crippen LogP contribution in [0.2, 0.25) is 0 Å². The smallest absolute Gasteiger partial charge is 0.339 e. The molecule has 1 aromatic carbocycles. The van der Waals surface area contributed by atoms with E-state index in [0.717, 1.165) is 21.6 Å². The van der Waals surface area contributed by atoms with Gasteiger partial charge in [-0.15, -0.1) is 22.7 Å². The standard InChI is InChI=1S/C21H18N2O3S2/c1-11-6-7-14(12(2)9-11)21(25)26-13(3)18-22-19(24)17-15(10-28-20(17)23-18)16-5-4-8-27-16/h4-10,13H,1-3H3,(H,22,23,24)/t13-/m1/s1. The fraction of sp³-hybridized carbons (Fsp3) is 0.190. The summed E-state index contributed by atoms with van der Waals surface area (Å²) in [6.45, 7) is 5.55. The first-order valence-corrected chi connectivity index (χ1v) is 10.5. The minimum Gasteiger partial charge on any atom is -0.451 e. The van der Waals surface area contributed by atoms with Crippen LogP contribution in [0, 0.1) is 13.8 Å². The zero-order valence-electron chi connectivity index (χ0n) is 15.6. The van der Waals surface area contributed by atoms with Crippen molar-refractivity contribution in [3.05, 3.63) is 74.0 Å². The van der Waals surface area contributed by atoms with Crippen molar-refractivity contribution >= 4 is 38.9 Å². The lowest BCUT2D eigenvalue weighted by molar-refractivity contribution is 0.0319. The zero-order chi connectivity index (χ0) is 19.8. The van der Waals surface area contributed by atoms with Crippen molar-refractivity contribution < 1.29 is 9.53 Å². The molecule has 0 saturated heterocycles. The van der Waals surface area contributed by atoms with Crippen molar-refractivity contribution in [2.24, 2.45) is 0 Å². The van der Waals surface area contributed by atoms with Crippen LogP contribution in [0.3, 0.4) is 0 Å². The topological polar surface area (TPSA) is 72.0 Å². The first-order valence-electron chi connectivity index (χ1n) is 8.77. The van der Waals surface area contributed by atoms with E-state index in [1.807, 2.05) is 48.9 Å². The molecule has 0 amide bonds. The molecular formula is C21H18N2O3S2. The summed E-state index contributed by atoms with van der Waals surface area (Å²) < 4.78 is 5.56. The molecule has 4 rings (SSSR count). The van der Waals surface area contributed by atoms with Gasteiger partial charge < -0.3 is 9.72 Å². The number of ether oxygens (including phenoxy) is 1. The second kappa shape index (κ2) is 7.33. The van der Waals surface area contributed by atoms with Crippen LogP contribution in [0.15, 0.2) is 45.9 Å². The molecule has 7 heteroatoms. The Hall–Kier alpha value is -2.77. The molecule has 1 N–H and O–H groups in total. The molecule has 4 aromatic rings. The number of nitrogens with zero attached hydrogens (tertiary/aromatic N) is 1. The minimum absolute atomic E-state index is 0.223. The summed E-state index contributed by atoms with van der Waals surface area (Å²) in [5, 5.41) is 4.49. The fourth-order valence-electron chi connectivity index (χ4n) is 3.09. The highest BCUT2D eigenvalue weighted by Gasteiger charge is 2.20. The number of rotatable bonds is 4. The number of H-pyrrole nitrogens is 1. The predicted octanol–water partition coefficient (Wildman–Crippen LogP) is 5.25. The van der Waals surface area contributed by atoms with E-state index in [0.29, 0.717) is 21.6 Å². The monoisotopic (exact) mass is 410 g/mol. The summed E-state index contributed by atoms with van der Waals surface area (Å²) in [5.41, 5.74) is 3.11. The minimum atomic E-state index is -0.669. The van der Waals surface area contributed by atoms with Crippen LogP contribution in [0.4, 0.5) is 0 Å². The Balaban J connectivity index is 1.64. The van der Waals surface area contributed by atoms with Gasteiger partial charge in [0.05, 0.1) is 10.9 Å². The van der Waals surface area contributed by atoms with E-state index in [1.165, 1.54) is 11.3 Å². The Morgan fingerprint density at radius 2 is 2.04 bits per heavy atom. The van der Waals surface area contributed by atoms with Crippen LogP contribution in [-0.4, -0.2) is 15.9 Å². The molecular weight excluding hydrogens is 392 g/mol. The van der Waals surface area contributed by atoms with Gasteiger partial charge in [0.25, 0.3) is 5.56 Å². The Morgan fingerprint density at radius 1 is 1.21 bits per heavy atom. The highest BCUT2D eigenvalue weighted by molar-refractivity contribution is 7.18. The molecule has 5 nitrogen and oxygen atoms in total. The molecule has 0 unspecified atom stereocenters. The summed E-state index contributed by atoms with van der Waals surface area (Å²) in [7, 11) is 0. The van der Waals surface area contributed by atoms with E-state index in [2.05, 4.69) is 9.97 Å². The molecule has 0 aliphatic rings. The van der Waals surface area contributed by atoms with Crippen molar-refractivity contribution in [3.63, 3.8) is 0 Å². The van der Waals surface area contributed by atoms with Crippen LogP contribution in [0.1, 0.15) is 40.3 Å². The average molecular weight is 411 g/mol. The summed E-state index contributed by atoms with van der Waals surface area (Å²) in [5.74, 6) is -0.0894. The number of hydrogen-bond donors (Lipinski definition) is 1. The molecule has 1 atom stereocenters. The number of aromatic nitrogens is 2.